The van der Waals surface area contributed by atoms with E-state index in [2.05, 4.69) is 15.7 Å². The number of benzene rings is 1. The molecule has 1 aromatic heterocycles. The molecule has 1 aromatic carbocycles. The third kappa shape index (κ3) is 12.9. The Morgan fingerprint density at radius 3 is 2.35 bits per heavy atom. The van der Waals surface area contributed by atoms with Gasteiger partial charge in [0, 0.05) is 6.42 Å². The van der Waals surface area contributed by atoms with Crippen molar-refractivity contribution in [3.63, 3.8) is 0 Å². The van der Waals surface area contributed by atoms with Crippen LogP contribution < -0.4 is 31.5 Å². The lowest BCUT2D eigenvalue weighted by molar-refractivity contribution is -0.156. The molecule has 1 fully saturated rings. The molecule has 6 atom stereocenters. The molecule has 2 amide bonds. The van der Waals surface area contributed by atoms with E-state index in [1.165, 1.54) is 26.0 Å². The zero-order valence-corrected chi connectivity index (χ0v) is 30.0. The number of halogens is 1. The Labute approximate surface area is 292 Å². The van der Waals surface area contributed by atoms with E-state index in [4.69, 9.17) is 28.0 Å². The standard InChI is InChI=1S/C31H43FN5O13P/c1-17(2)46-28(41)19(4)36-51(44,50-20-11-9-8-10-12-20)45-16-23-22(13-25(47-23)37-15-21(32)26(39)35-29(37)42)48-27(40)18(3)34-24(38)14-33-30(43)49-31(5,6)7/h8-12,15,17-19,22-23,25H,13-14,16H2,1-7H3,(H,33,43)(H,34,38)(H,36,44)(H,35,39,42)/t18-,19-,22-,23+,25+,51-/m0/s1. The second-order valence-corrected chi connectivity index (χ2v) is 14.4. The summed E-state index contributed by atoms with van der Waals surface area (Å²) in [5, 5.41) is 7.12. The van der Waals surface area contributed by atoms with Crippen LogP contribution in [-0.4, -0.2) is 82.6 Å². The van der Waals surface area contributed by atoms with Gasteiger partial charge in [-0.15, -0.1) is 0 Å². The number of esters is 2. The van der Waals surface area contributed by atoms with Crippen LogP contribution in [-0.2, 0) is 42.4 Å². The highest BCUT2D eigenvalue weighted by Crippen LogP contribution is 2.46. The molecular formula is C31H43FN5O13P. The van der Waals surface area contributed by atoms with E-state index >= 15 is 0 Å². The molecule has 0 radical (unpaired) electrons. The van der Waals surface area contributed by atoms with Gasteiger partial charge in [0.05, 0.1) is 18.9 Å². The van der Waals surface area contributed by atoms with E-state index in [0.717, 1.165) is 4.57 Å². The summed E-state index contributed by atoms with van der Waals surface area (Å²) in [6, 6.07) is 5.39. The lowest BCUT2D eigenvalue weighted by Crippen LogP contribution is -2.46. The number of hydrogen-bond acceptors (Lipinski definition) is 13. The minimum absolute atomic E-state index is 0.104. The van der Waals surface area contributed by atoms with Gasteiger partial charge in [-0.1, -0.05) is 18.2 Å². The highest BCUT2D eigenvalue weighted by Gasteiger charge is 2.43. The molecule has 0 bridgehead atoms. The molecule has 1 aliphatic rings. The molecule has 18 nitrogen and oxygen atoms in total. The Bertz CT molecular complexity index is 1710. The van der Waals surface area contributed by atoms with Crippen molar-refractivity contribution in [3.05, 3.63) is 63.2 Å². The fourth-order valence-electron chi connectivity index (χ4n) is 4.40. The first-order chi connectivity index (χ1) is 23.7. The SMILES string of the molecule is CC(C)OC(=O)[C@H](C)N[P@](=O)(OC[C@H]1O[C@@H](n2cc(F)c(=O)[nH]c2=O)C[C@@H]1OC(=O)[C@H](C)NC(=O)CNC(=O)OC(C)(C)C)Oc1ccccc1. The third-order valence-corrected chi connectivity index (χ3v) is 8.28. The van der Waals surface area contributed by atoms with Crippen molar-refractivity contribution in [3.8, 4) is 5.75 Å². The first-order valence-electron chi connectivity index (χ1n) is 15.9. The molecule has 0 aliphatic carbocycles. The van der Waals surface area contributed by atoms with E-state index in [-0.39, 0.29) is 12.2 Å². The van der Waals surface area contributed by atoms with Crippen LogP contribution in [0.15, 0.2) is 46.1 Å². The van der Waals surface area contributed by atoms with Crippen LogP contribution in [0.25, 0.3) is 0 Å². The average molecular weight is 744 g/mol. The van der Waals surface area contributed by atoms with E-state index in [0.29, 0.717) is 6.20 Å². The first-order valence-corrected chi connectivity index (χ1v) is 17.4. The minimum atomic E-state index is -4.44. The van der Waals surface area contributed by atoms with E-state index < -0.39 is 104 Å². The van der Waals surface area contributed by atoms with Gasteiger partial charge in [0.1, 0.15) is 48.4 Å². The minimum Gasteiger partial charge on any atom is -0.462 e. The maximum absolute atomic E-state index is 14.2. The Morgan fingerprint density at radius 2 is 1.73 bits per heavy atom. The van der Waals surface area contributed by atoms with Gasteiger partial charge in [-0.3, -0.25) is 28.5 Å². The molecule has 0 unspecified atom stereocenters. The monoisotopic (exact) mass is 743 g/mol. The summed E-state index contributed by atoms with van der Waals surface area (Å²) in [4.78, 5) is 75.9. The van der Waals surface area contributed by atoms with Crippen LogP contribution in [0.5, 0.6) is 5.75 Å². The molecule has 282 valence electrons. The van der Waals surface area contributed by atoms with Crippen LogP contribution in [0.2, 0.25) is 0 Å². The zero-order valence-electron chi connectivity index (χ0n) is 29.1. The van der Waals surface area contributed by atoms with Gasteiger partial charge in [0.25, 0.3) is 5.56 Å². The fourth-order valence-corrected chi connectivity index (χ4v) is 5.90. The molecule has 20 heteroatoms. The van der Waals surface area contributed by atoms with Gasteiger partial charge in [-0.25, -0.2) is 18.9 Å². The number of carbonyl (C=O) groups excluding carboxylic acids is 4. The summed E-state index contributed by atoms with van der Waals surface area (Å²) in [6.45, 7) is 9.69. The van der Waals surface area contributed by atoms with Gasteiger partial charge in [-0.2, -0.15) is 9.48 Å². The largest absolute Gasteiger partial charge is 0.462 e. The molecule has 51 heavy (non-hydrogen) atoms. The molecule has 0 spiro atoms. The van der Waals surface area contributed by atoms with Crippen molar-refractivity contribution in [1.29, 1.82) is 0 Å². The number of aromatic nitrogens is 2. The third-order valence-electron chi connectivity index (χ3n) is 6.64. The summed E-state index contributed by atoms with van der Waals surface area (Å²) >= 11 is 0. The van der Waals surface area contributed by atoms with Crippen LogP contribution in [0.4, 0.5) is 9.18 Å². The second kappa shape index (κ2) is 17.6. The number of carbonyl (C=O) groups is 4. The molecule has 2 aromatic rings. The van der Waals surface area contributed by atoms with E-state index in [1.807, 2.05) is 4.98 Å². The summed E-state index contributed by atoms with van der Waals surface area (Å²) in [7, 11) is -4.44. The van der Waals surface area contributed by atoms with E-state index in [1.54, 1.807) is 52.8 Å². The summed E-state index contributed by atoms with van der Waals surface area (Å²) in [5.74, 6) is -3.68. The average Bonchev–Trinajstić information content (AvgIpc) is 3.42. The summed E-state index contributed by atoms with van der Waals surface area (Å²) in [6.07, 6.45) is -4.90. The van der Waals surface area contributed by atoms with Gasteiger partial charge in [-0.05, 0) is 60.6 Å². The van der Waals surface area contributed by atoms with Crippen LogP contribution in [0, 0.1) is 5.82 Å². The van der Waals surface area contributed by atoms with Crippen molar-refractivity contribution in [1.82, 2.24) is 25.3 Å². The fraction of sp³-hybridized carbons (Fsp3) is 0.548. The lowest BCUT2D eigenvalue weighted by Gasteiger charge is -2.26. The van der Waals surface area contributed by atoms with Crippen molar-refractivity contribution < 1.29 is 56.1 Å². The first kappa shape index (κ1) is 40.8. The normalized spacial score (nSPS) is 19.7. The van der Waals surface area contributed by atoms with Crippen LogP contribution in [0.1, 0.15) is 61.1 Å². The number of alkyl carbamates (subject to hydrolysis) is 1. The lowest BCUT2D eigenvalue weighted by atomic mass is 10.2. The molecule has 1 saturated heterocycles. The number of nitrogens with one attached hydrogen (secondary N) is 4. The van der Waals surface area contributed by atoms with Crippen molar-refractivity contribution >= 4 is 31.7 Å². The molecule has 4 N–H and O–H groups in total. The number of amides is 2. The van der Waals surface area contributed by atoms with Crippen molar-refractivity contribution in [2.24, 2.45) is 0 Å². The second-order valence-electron chi connectivity index (χ2n) is 12.7. The number of para-hydroxylation sites is 1. The number of ether oxygens (including phenoxy) is 4. The Morgan fingerprint density at radius 1 is 1.06 bits per heavy atom. The predicted octanol–water partition coefficient (Wildman–Crippen LogP) is 2.04. The Hall–Kier alpha value is -4.58. The molecular weight excluding hydrogens is 700 g/mol. The van der Waals surface area contributed by atoms with Crippen molar-refractivity contribution in [2.75, 3.05) is 13.2 Å². The Kier molecular flexibility index (Phi) is 14.1. The zero-order chi connectivity index (χ0) is 38.1. The Balaban J connectivity index is 1.80. The summed E-state index contributed by atoms with van der Waals surface area (Å²) < 4.78 is 61.9. The summed E-state index contributed by atoms with van der Waals surface area (Å²) in [5.41, 5.74) is -3.10. The number of nitrogens with zero attached hydrogens (tertiary/aromatic N) is 1. The highest BCUT2D eigenvalue weighted by molar-refractivity contribution is 7.52. The van der Waals surface area contributed by atoms with Gasteiger partial charge in [0.2, 0.25) is 11.7 Å². The smallest absolute Gasteiger partial charge is 0.459 e. The van der Waals surface area contributed by atoms with Gasteiger partial charge in [0.15, 0.2) is 0 Å². The topological polar surface area (TPSA) is 232 Å². The molecule has 3 rings (SSSR count). The number of aromatic amines is 1. The van der Waals surface area contributed by atoms with Gasteiger partial charge >= 0.3 is 31.5 Å². The van der Waals surface area contributed by atoms with E-state index in [9.17, 15) is 37.7 Å². The molecule has 1 aliphatic heterocycles. The number of H-pyrrole nitrogens is 1. The number of hydrogen-bond donors (Lipinski definition) is 4. The maximum atomic E-state index is 14.2. The maximum Gasteiger partial charge on any atom is 0.459 e. The highest BCUT2D eigenvalue weighted by atomic mass is 31.2. The quantitative estimate of drug-likeness (QED) is 0.116. The van der Waals surface area contributed by atoms with Crippen molar-refractivity contribution in [2.45, 2.75) is 97.1 Å². The molecule has 2 heterocycles. The number of rotatable bonds is 15. The van der Waals surface area contributed by atoms with Crippen LogP contribution >= 0.6 is 7.75 Å². The predicted molar refractivity (Wildman–Crippen MR) is 176 cm³/mol. The van der Waals surface area contributed by atoms with Gasteiger partial charge < -0.3 is 34.1 Å². The van der Waals surface area contributed by atoms with Crippen LogP contribution in [0.3, 0.4) is 0 Å². The molecule has 0 saturated carbocycles.